The molecule has 1 aliphatic rings. The summed E-state index contributed by atoms with van der Waals surface area (Å²) in [5.74, 6) is -0.129. The maximum Gasteiger partial charge on any atom is 0.335 e. The Morgan fingerprint density at radius 1 is 1.06 bits per heavy atom. The van der Waals surface area contributed by atoms with Crippen LogP contribution in [0.5, 0.6) is 0 Å². The summed E-state index contributed by atoms with van der Waals surface area (Å²) in [5, 5.41) is 18.5. The van der Waals surface area contributed by atoms with Gasteiger partial charge < -0.3 is 19.7 Å². The zero-order valence-corrected chi connectivity index (χ0v) is 20.3. The fourth-order valence-corrected chi connectivity index (χ4v) is 4.25. The van der Waals surface area contributed by atoms with Gasteiger partial charge in [0, 0.05) is 0 Å². The van der Waals surface area contributed by atoms with Crippen molar-refractivity contribution in [3.63, 3.8) is 0 Å². The minimum Gasteiger partial charge on any atom is -0.464 e. The van der Waals surface area contributed by atoms with E-state index in [9.17, 15) is 14.7 Å². The summed E-state index contributed by atoms with van der Waals surface area (Å²) >= 11 is 0. The van der Waals surface area contributed by atoms with Crippen LogP contribution in [0.15, 0.2) is 36.4 Å². The number of carbonyl (C=O) groups is 2. The summed E-state index contributed by atoms with van der Waals surface area (Å²) in [4.78, 5) is 24.3. The van der Waals surface area contributed by atoms with Crippen molar-refractivity contribution in [2.75, 3.05) is 26.4 Å². The molecule has 6 heteroatoms. The average molecular weight is 461 g/mol. The average Bonchev–Trinajstić information content (AvgIpc) is 2.84. The van der Waals surface area contributed by atoms with Gasteiger partial charge in [0.25, 0.3) is 0 Å². The van der Waals surface area contributed by atoms with Gasteiger partial charge in [0.15, 0.2) is 0 Å². The number of aliphatic hydroxyl groups excluding tert-OH is 2. The fourth-order valence-electron chi connectivity index (χ4n) is 4.25. The van der Waals surface area contributed by atoms with Crippen LogP contribution in [-0.2, 0) is 19.1 Å². The van der Waals surface area contributed by atoms with E-state index in [0.29, 0.717) is 5.92 Å². The topological polar surface area (TPSA) is 93.1 Å². The van der Waals surface area contributed by atoms with Crippen LogP contribution >= 0.6 is 0 Å². The van der Waals surface area contributed by atoms with Crippen LogP contribution in [0.25, 0.3) is 0 Å². The van der Waals surface area contributed by atoms with Gasteiger partial charge in [0.1, 0.15) is 13.2 Å². The molecule has 2 N–H and O–H groups in total. The highest BCUT2D eigenvalue weighted by atomic mass is 16.5. The van der Waals surface area contributed by atoms with E-state index in [1.165, 1.54) is 44.1 Å². The minimum atomic E-state index is -1.01. The minimum absolute atomic E-state index is 0.00778. The van der Waals surface area contributed by atoms with E-state index in [1.54, 1.807) is 13.8 Å². The lowest BCUT2D eigenvalue weighted by atomic mass is 9.77. The first-order valence-corrected chi connectivity index (χ1v) is 12.1. The number of carbonyl (C=O) groups excluding carboxylic acids is 2. The molecule has 0 radical (unpaired) electrons. The van der Waals surface area contributed by atoms with Gasteiger partial charge in [0.2, 0.25) is 0 Å². The van der Waals surface area contributed by atoms with Crippen molar-refractivity contribution in [2.24, 2.45) is 11.3 Å². The Labute approximate surface area is 198 Å². The Morgan fingerprint density at radius 2 is 1.67 bits per heavy atom. The first kappa shape index (κ1) is 27.1. The molecule has 184 valence electrons. The molecule has 0 aromatic heterocycles. The number of ether oxygens (including phenoxy) is 2. The van der Waals surface area contributed by atoms with Gasteiger partial charge in [0.05, 0.1) is 30.1 Å². The molecule has 1 unspecified atom stereocenters. The molecule has 1 aromatic rings. The number of hydrogen-bond acceptors (Lipinski definition) is 6. The van der Waals surface area contributed by atoms with Crippen molar-refractivity contribution in [1.29, 1.82) is 0 Å². The third-order valence-corrected chi connectivity index (χ3v) is 6.68. The summed E-state index contributed by atoms with van der Waals surface area (Å²) in [6.45, 7) is 8.17. The monoisotopic (exact) mass is 460 g/mol. The lowest BCUT2D eigenvalue weighted by Crippen LogP contribution is -2.32. The largest absolute Gasteiger partial charge is 0.464 e. The summed E-state index contributed by atoms with van der Waals surface area (Å²) in [7, 11) is 0. The van der Waals surface area contributed by atoms with Gasteiger partial charge in [-0.3, -0.25) is 4.79 Å². The number of rotatable bonds is 12. The second kappa shape index (κ2) is 12.9. The second-order valence-electron chi connectivity index (χ2n) is 9.87. The molecule has 33 heavy (non-hydrogen) atoms. The quantitative estimate of drug-likeness (QED) is 0.352. The Kier molecular flexibility index (Phi) is 10.6. The summed E-state index contributed by atoms with van der Waals surface area (Å²) < 4.78 is 10.8. The van der Waals surface area contributed by atoms with Gasteiger partial charge in [-0.05, 0) is 62.5 Å². The number of hydrogen-bond donors (Lipinski definition) is 2. The van der Waals surface area contributed by atoms with Crippen molar-refractivity contribution in [3.8, 4) is 0 Å². The van der Waals surface area contributed by atoms with Crippen molar-refractivity contribution in [1.82, 2.24) is 0 Å². The molecular weight excluding hydrogens is 420 g/mol. The normalized spacial score (nSPS) is 19.5. The number of esters is 2. The Bertz CT molecular complexity index is 774. The molecule has 0 saturated heterocycles. The molecular formula is C27H40O6. The molecule has 1 saturated carbocycles. The van der Waals surface area contributed by atoms with Crippen LogP contribution in [-0.4, -0.2) is 48.6 Å². The highest BCUT2D eigenvalue weighted by Gasteiger charge is 2.30. The molecule has 0 spiro atoms. The summed E-state index contributed by atoms with van der Waals surface area (Å²) in [6.07, 6.45) is 7.56. The van der Waals surface area contributed by atoms with E-state index in [2.05, 4.69) is 25.6 Å². The van der Waals surface area contributed by atoms with Gasteiger partial charge >= 0.3 is 11.9 Å². The maximum absolute atomic E-state index is 12.3. The lowest BCUT2D eigenvalue weighted by molar-refractivity contribution is -0.157. The number of benzene rings is 1. The fraction of sp³-hybridized carbons (Fsp3) is 0.630. The van der Waals surface area contributed by atoms with Crippen LogP contribution < -0.4 is 0 Å². The molecule has 6 nitrogen and oxygen atoms in total. The second-order valence-corrected chi connectivity index (χ2v) is 9.87. The summed E-state index contributed by atoms with van der Waals surface area (Å²) in [6, 6.07) is 8.28. The number of aliphatic hydroxyl groups is 2. The Hall–Kier alpha value is -2.18. The van der Waals surface area contributed by atoms with Crippen molar-refractivity contribution in [3.05, 3.63) is 47.5 Å². The van der Waals surface area contributed by atoms with E-state index in [1.807, 2.05) is 12.1 Å². The van der Waals surface area contributed by atoms with Gasteiger partial charge in [-0.15, -0.1) is 0 Å². The SMILES string of the molecule is C=C(CO)C(=O)OCC(COC(=O)C(C)(C)CO)c1ccc(C2CCC(CCC)CC2)cc1. The smallest absolute Gasteiger partial charge is 0.335 e. The van der Waals surface area contributed by atoms with E-state index in [4.69, 9.17) is 14.6 Å². The molecule has 1 atom stereocenters. The Morgan fingerprint density at radius 3 is 2.21 bits per heavy atom. The van der Waals surface area contributed by atoms with Crippen LogP contribution in [0.3, 0.4) is 0 Å². The van der Waals surface area contributed by atoms with Crippen molar-refractivity contribution in [2.45, 2.75) is 71.1 Å². The summed E-state index contributed by atoms with van der Waals surface area (Å²) in [5.41, 5.74) is 1.18. The van der Waals surface area contributed by atoms with Crippen molar-refractivity contribution >= 4 is 11.9 Å². The predicted octanol–water partition coefficient (Wildman–Crippen LogP) is 4.50. The molecule has 0 aliphatic heterocycles. The van der Waals surface area contributed by atoms with Gasteiger partial charge in [-0.2, -0.15) is 0 Å². The third-order valence-electron chi connectivity index (χ3n) is 6.68. The van der Waals surface area contributed by atoms with Crippen LogP contribution in [0, 0.1) is 11.3 Å². The van der Waals surface area contributed by atoms with E-state index < -0.39 is 24.0 Å². The highest BCUT2D eigenvalue weighted by Crippen LogP contribution is 2.37. The van der Waals surface area contributed by atoms with E-state index in [0.717, 1.165) is 11.5 Å². The molecule has 0 amide bonds. The van der Waals surface area contributed by atoms with Crippen LogP contribution in [0.4, 0.5) is 0 Å². The zero-order valence-electron chi connectivity index (χ0n) is 20.3. The van der Waals surface area contributed by atoms with E-state index >= 15 is 0 Å². The predicted molar refractivity (Wildman–Crippen MR) is 128 cm³/mol. The standard InChI is InChI=1S/C27H40O6/c1-5-6-20-7-9-21(10-8-20)22-11-13-23(14-12-22)24(16-32-25(30)19(2)15-28)17-33-26(31)27(3,4)18-29/h11-14,20-21,24,28-29H,2,5-10,15-18H2,1,3-4H3. The van der Waals surface area contributed by atoms with Crippen LogP contribution in [0.1, 0.15) is 82.3 Å². The maximum atomic E-state index is 12.3. The van der Waals surface area contributed by atoms with E-state index in [-0.39, 0.29) is 31.3 Å². The van der Waals surface area contributed by atoms with Gasteiger partial charge in [-0.1, -0.05) is 50.6 Å². The Balaban J connectivity index is 2.07. The zero-order chi connectivity index (χ0) is 24.4. The highest BCUT2D eigenvalue weighted by molar-refractivity contribution is 5.87. The molecule has 0 heterocycles. The molecule has 1 fully saturated rings. The van der Waals surface area contributed by atoms with Crippen LogP contribution in [0.2, 0.25) is 0 Å². The first-order valence-electron chi connectivity index (χ1n) is 12.1. The first-order chi connectivity index (χ1) is 15.7. The molecule has 0 bridgehead atoms. The molecule has 2 rings (SSSR count). The molecule has 1 aromatic carbocycles. The van der Waals surface area contributed by atoms with Gasteiger partial charge in [-0.25, -0.2) is 4.79 Å². The third kappa shape index (κ3) is 7.97. The lowest BCUT2D eigenvalue weighted by Gasteiger charge is -2.29. The van der Waals surface area contributed by atoms with Crippen molar-refractivity contribution < 1.29 is 29.3 Å². The molecule has 1 aliphatic carbocycles.